The summed E-state index contributed by atoms with van der Waals surface area (Å²) in [5.41, 5.74) is 0. The molecule has 0 aromatic carbocycles. The zero-order valence-electron chi connectivity index (χ0n) is 12.3. The van der Waals surface area contributed by atoms with Gasteiger partial charge in [-0.3, -0.25) is 4.79 Å². The third-order valence-electron chi connectivity index (χ3n) is 3.89. The lowest BCUT2D eigenvalue weighted by Crippen LogP contribution is -2.51. The van der Waals surface area contributed by atoms with Gasteiger partial charge in [-0.25, -0.2) is 0 Å². The standard InChI is InChI=1S/C14H25F3N2O/c1-3-8-18-12-6-9-19(10-11(12)4-2)13(20)5-7-14(15,16)17/h11-12,18H,3-10H2,1-2H3. The van der Waals surface area contributed by atoms with Gasteiger partial charge in [-0.05, 0) is 25.3 Å². The van der Waals surface area contributed by atoms with Gasteiger partial charge in [-0.15, -0.1) is 0 Å². The zero-order valence-corrected chi connectivity index (χ0v) is 12.3. The van der Waals surface area contributed by atoms with Crippen LogP contribution in [-0.4, -0.2) is 42.7 Å². The van der Waals surface area contributed by atoms with Gasteiger partial charge in [-0.1, -0.05) is 20.3 Å². The van der Waals surface area contributed by atoms with Crippen molar-refractivity contribution in [1.82, 2.24) is 10.2 Å². The van der Waals surface area contributed by atoms with Gasteiger partial charge in [0.15, 0.2) is 0 Å². The number of piperidine rings is 1. The van der Waals surface area contributed by atoms with E-state index in [1.807, 2.05) is 0 Å². The minimum atomic E-state index is -4.25. The lowest BCUT2D eigenvalue weighted by Gasteiger charge is -2.39. The molecule has 2 unspecified atom stereocenters. The first-order valence-corrected chi connectivity index (χ1v) is 7.45. The van der Waals surface area contributed by atoms with Crippen LogP contribution in [-0.2, 0) is 4.79 Å². The fourth-order valence-corrected chi connectivity index (χ4v) is 2.68. The van der Waals surface area contributed by atoms with Crippen LogP contribution in [0.25, 0.3) is 0 Å². The maximum atomic E-state index is 12.1. The first kappa shape index (κ1) is 17.3. The molecule has 1 N–H and O–H groups in total. The van der Waals surface area contributed by atoms with Crippen LogP contribution in [0.1, 0.15) is 46.0 Å². The minimum absolute atomic E-state index is 0.338. The molecule has 1 heterocycles. The number of likely N-dealkylation sites (tertiary alicyclic amines) is 1. The molecular weight excluding hydrogens is 269 g/mol. The molecule has 1 rings (SSSR count). The van der Waals surface area contributed by atoms with Gasteiger partial charge in [0.25, 0.3) is 0 Å². The summed E-state index contributed by atoms with van der Waals surface area (Å²) in [5.74, 6) is -0.0279. The predicted molar refractivity (Wildman–Crippen MR) is 72.3 cm³/mol. The summed E-state index contributed by atoms with van der Waals surface area (Å²) in [6, 6.07) is 0.381. The third kappa shape index (κ3) is 5.69. The van der Waals surface area contributed by atoms with E-state index in [0.717, 1.165) is 25.8 Å². The van der Waals surface area contributed by atoms with Crippen LogP contribution in [0, 0.1) is 5.92 Å². The molecule has 0 aromatic heterocycles. The smallest absolute Gasteiger partial charge is 0.342 e. The van der Waals surface area contributed by atoms with Crippen molar-refractivity contribution in [2.24, 2.45) is 5.92 Å². The van der Waals surface area contributed by atoms with Crippen LogP contribution in [0.2, 0.25) is 0 Å². The average Bonchev–Trinajstić information content (AvgIpc) is 2.41. The monoisotopic (exact) mass is 294 g/mol. The van der Waals surface area contributed by atoms with E-state index < -0.39 is 19.0 Å². The van der Waals surface area contributed by atoms with Crippen molar-refractivity contribution in [3.63, 3.8) is 0 Å². The Morgan fingerprint density at radius 1 is 1.35 bits per heavy atom. The summed E-state index contributed by atoms with van der Waals surface area (Å²) >= 11 is 0. The summed E-state index contributed by atoms with van der Waals surface area (Å²) in [5, 5.41) is 3.47. The summed E-state index contributed by atoms with van der Waals surface area (Å²) < 4.78 is 36.4. The Kier molecular flexibility index (Phi) is 6.79. The fourth-order valence-electron chi connectivity index (χ4n) is 2.68. The molecule has 1 amide bonds. The summed E-state index contributed by atoms with van der Waals surface area (Å²) in [4.78, 5) is 13.4. The van der Waals surface area contributed by atoms with E-state index in [0.29, 0.717) is 25.0 Å². The summed E-state index contributed by atoms with van der Waals surface area (Å²) in [7, 11) is 0. The van der Waals surface area contributed by atoms with Crippen molar-refractivity contribution in [1.29, 1.82) is 0 Å². The molecule has 0 saturated carbocycles. The fraction of sp³-hybridized carbons (Fsp3) is 0.929. The van der Waals surface area contributed by atoms with Gasteiger partial charge in [-0.2, -0.15) is 13.2 Å². The second kappa shape index (κ2) is 7.86. The van der Waals surface area contributed by atoms with E-state index in [9.17, 15) is 18.0 Å². The van der Waals surface area contributed by atoms with Crippen LogP contribution >= 0.6 is 0 Å². The number of alkyl halides is 3. The lowest BCUT2D eigenvalue weighted by atomic mass is 9.89. The minimum Gasteiger partial charge on any atom is -0.342 e. The van der Waals surface area contributed by atoms with Gasteiger partial charge in [0, 0.05) is 25.6 Å². The molecule has 2 atom stereocenters. The molecule has 0 spiro atoms. The Balaban J connectivity index is 2.45. The predicted octanol–water partition coefficient (Wildman–Crippen LogP) is 2.96. The summed E-state index contributed by atoms with van der Waals surface area (Å²) in [6.07, 6.45) is -2.87. The Hall–Kier alpha value is -0.780. The maximum absolute atomic E-state index is 12.1. The number of nitrogens with one attached hydrogen (secondary N) is 1. The molecule has 3 nitrogen and oxygen atoms in total. The second-order valence-corrected chi connectivity index (χ2v) is 5.47. The molecule has 1 aliphatic heterocycles. The molecule has 0 aliphatic carbocycles. The van der Waals surface area contributed by atoms with Crippen molar-refractivity contribution in [2.75, 3.05) is 19.6 Å². The highest BCUT2D eigenvalue weighted by Gasteiger charge is 2.32. The van der Waals surface area contributed by atoms with Gasteiger partial charge >= 0.3 is 6.18 Å². The number of nitrogens with zero attached hydrogens (tertiary/aromatic N) is 1. The van der Waals surface area contributed by atoms with Gasteiger partial charge in [0.05, 0.1) is 6.42 Å². The highest BCUT2D eigenvalue weighted by atomic mass is 19.4. The Labute approximate surface area is 118 Å². The first-order valence-electron chi connectivity index (χ1n) is 7.45. The quantitative estimate of drug-likeness (QED) is 0.817. The number of rotatable bonds is 6. The molecule has 0 aromatic rings. The van der Waals surface area contributed by atoms with Gasteiger partial charge < -0.3 is 10.2 Å². The zero-order chi connectivity index (χ0) is 15.2. The van der Waals surface area contributed by atoms with Crippen molar-refractivity contribution in [3.8, 4) is 0 Å². The van der Waals surface area contributed by atoms with Gasteiger partial charge in [0.1, 0.15) is 0 Å². The Bertz CT molecular complexity index is 307. The Morgan fingerprint density at radius 2 is 2.05 bits per heavy atom. The van der Waals surface area contributed by atoms with E-state index in [4.69, 9.17) is 0 Å². The molecule has 0 radical (unpaired) electrons. The van der Waals surface area contributed by atoms with Gasteiger partial charge in [0.2, 0.25) is 5.91 Å². The second-order valence-electron chi connectivity index (χ2n) is 5.47. The van der Waals surface area contributed by atoms with Crippen molar-refractivity contribution in [2.45, 2.75) is 58.2 Å². The van der Waals surface area contributed by atoms with E-state index >= 15 is 0 Å². The van der Waals surface area contributed by atoms with Crippen LogP contribution in [0.3, 0.4) is 0 Å². The van der Waals surface area contributed by atoms with E-state index in [-0.39, 0.29) is 5.91 Å². The normalized spacial score (nSPS) is 23.9. The number of hydrogen-bond acceptors (Lipinski definition) is 2. The van der Waals surface area contributed by atoms with E-state index in [1.165, 1.54) is 0 Å². The van der Waals surface area contributed by atoms with Crippen LogP contribution < -0.4 is 5.32 Å². The van der Waals surface area contributed by atoms with Crippen molar-refractivity contribution >= 4 is 5.91 Å². The molecule has 1 saturated heterocycles. The third-order valence-corrected chi connectivity index (χ3v) is 3.89. The maximum Gasteiger partial charge on any atom is 0.389 e. The van der Waals surface area contributed by atoms with Crippen LogP contribution in [0.5, 0.6) is 0 Å². The van der Waals surface area contributed by atoms with E-state index in [1.54, 1.807) is 4.90 Å². The number of hydrogen-bond donors (Lipinski definition) is 1. The van der Waals surface area contributed by atoms with E-state index in [2.05, 4.69) is 19.2 Å². The number of carbonyl (C=O) groups excluding carboxylic acids is 1. The van der Waals surface area contributed by atoms with Crippen LogP contribution in [0.4, 0.5) is 13.2 Å². The van der Waals surface area contributed by atoms with Crippen molar-refractivity contribution < 1.29 is 18.0 Å². The molecular formula is C14H25F3N2O. The number of halogens is 3. The van der Waals surface area contributed by atoms with Crippen LogP contribution in [0.15, 0.2) is 0 Å². The highest BCUT2D eigenvalue weighted by Crippen LogP contribution is 2.24. The average molecular weight is 294 g/mol. The molecule has 6 heteroatoms. The van der Waals surface area contributed by atoms with Crippen molar-refractivity contribution in [3.05, 3.63) is 0 Å². The number of amides is 1. The summed E-state index contributed by atoms with van der Waals surface area (Å²) in [6.45, 7) is 6.26. The molecule has 1 aliphatic rings. The molecule has 1 fully saturated rings. The molecule has 0 bridgehead atoms. The number of carbonyl (C=O) groups is 1. The lowest BCUT2D eigenvalue weighted by molar-refractivity contribution is -0.150. The first-order chi connectivity index (χ1) is 9.37. The largest absolute Gasteiger partial charge is 0.389 e. The SMILES string of the molecule is CCCNC1CCN(C(=O)CCC(F)(F)F)CC1CC. The molecule has 20 heavy (non-hydrogen) atoms. The Morgan fingerprint density at radius 3 is 2.60 bits per heavy atom. The molecule has 118 valence electrons. The topological polar surface area (TPSA) is 32.3 Å². The highest BCUT2D eigenvalue weighted by molar-refractivity contribution is 5.76.